The molecule has 3 rings (SSSR count). The van der Waals surface area contributed by atoms with Crippen LogP contribution < -0.4 is 10.6 Å². The van der Waals surface area contributed by atoms with E-state index in [4.69, 9.17) is 9.41 Å². The molecule has 1 aliphatic rings. The third-order valence-corrected chi connectivity index (χ3v) is 5.56. The van der Waals surface area contributed by atoms with Crippen molar-refractivity contribution in [1.82, 2.24) is 25.3 Å². The van der Waals surface area contributed by atoms with Crippen LogP contribution in [0.3, 0.4) is 0 Å². The Morgan fingerprint density at radius 3 is 2.59 bits per heavy atom. The highest BCUT2D eigenvalue weighted by atomic mass is 127. The summed E-state index contributed by atoms with van der Waals surface area (Å²) < 4.78 is 7.67. The highest BCUT2D eigenvalue weighted by Gasteiger charge is 2.24. The molecule has 2 N–H and O–H groups in total. The second-order valence-corrected chi connectivity index (χ2v) is 7.48. The molecule has 1 aliphatic heterocycles. The Balaban J connectivity index is 0.00000300. The van der Waals surface area contributed by atoms with Crippen LogP contribution in [0.5, 0.6) is 0 Å². The van der Waals surface area contributed by atoms with Crippen LogP contribution in [0.2, 0.25) is 0 Å². The number of rotatable bonds is 7. The average Bonchev–Trinajstić information content (AvgIpc) is 3.30. The van der Waals surface area contributed by atoms with Crippen molar-refractivity contribution in [1.29, 1.82) is 0 Å². The maximum absolute atomic E-state index is 5.75. The fraction of sp³-hybridized carbons (Fsp3) is 0.619. The molecule has 29 heavy (non-hydrogen) atoms. The van der Waals surface area contributed by atoms with Crippen LogP contribution in [0.4, 0.5) is 0 Å². The summed E-state index contributed by atoms with van der Waals surface area (Å²) in [5.41, 5.74) is 3.40. The SMILES string of the molecule is CCNC(=NCc1c(C)nn(C)c1C)NCC(c1ccco1)N1CCCCC1.I. The second kappa shape index (κ2) is 11.6. The van der Waals surface area contributed by atoms with Crippen molar-refractivity contribution in [2.75, 3.05) is 26.2 Å². The first-order valence-corrected chi connectivity index (χ1v) is 10.4. The first-order valence-electron chi connectivity index (χ1n) is 10.4. The van der Waals surface area contributed by atoms with Gasteiger partial charge in [-0.2, -0.15) is 5.10 Å². The van der Waals surface area contributed by atoms with E-state index >= 15 is 0 Å². The van der Waals surface area contributed by atoms with E-state index in [1.807, 2.05) is 24.7 Å². The Morgan fingerprint density at radius 2 is 2.00 bits per heavy atom. The van der Waals surface area contributed by atoms with E-state index in [1.54, 1.807) is 6.26 Å². The zero-order chi connectivity index (χ0) is 19.9. The number of hydrogen-bond donors (Lipinski definition) is 2. The normalized spacial score (nSPS) is 16.3. The van der Waals surface area contributed by atoms with Gasteiger partial charge in [-0.15, -0.1) is 24.0 Å². The van der Waals surface area contributed by atoms with Gasteiger partial charge >= 0.3 is 0 Å². The molecule has 2 aromatic heterocycles. The van der Waals surface area contributed by atoms with Crippen molar-refractivity contribution in [2.45, 2.75) is 52.6 Å². The van der Waals surface area contributed by atoms with E-state index < -0.39 is 0 Å². The molecule has 7 nitrogen and oxygen atoms in total. The molecule has 0 spiro atoms. The zero-order valence-electron chi connectivity index (χ0n) is 18.1. The lowest BCUT2D eigenvalue weighted by Gasteiger charge is -2.33. The smallest absolute Gasteiger partial charge is 0.191 e. The molecule has 1 unspecified atom stereocenters. The van der Waals surface area contributed by atoms with Gasteiger partial charge in [0.15, 0.2) is 5.96 Å². The van der Waals surface area contributed by atoms with Crippen LogP contribution in [0.1, 0.15) is 54.9 Å². The predicted molar refractivity (Wildman–Crippen MR) is 128 cm³/mol. The number of furan rings is 1. The van der Waals surface area contributed by atoms with Gasteiger partial charge in [0.1, 0.15) is 5.76 Å². The van der Waals surface area contributed by atoms with Crippen molar-refractivity contribution >= 4 is 29.9 Å². The van der Waals surface area contributed by atoms with E-state index in [2.05, 4.69) is 40.5 Å². The highest BCUT2D eigenvalue weighted by Crippen LogP contribution is 2.24. The van der Waals surface area contributed by atoms with Crippen molar-refractivity contribution in [3.63, 3.8) is 0 Å². The quantitative estimate of drug-likeness (QED) is 0.336. The molecule has 1 atom stereocenters. The van der Waals surface area contributed by atoms with E-state index in [0.717, 1.165) is 43.6 Å². The Kier molecular flexibility index (Phi) is 9.48. The van der Waals surface area contributed by atoms with Gasteiger partial charge in [-0.3, -0.25) is 9.58 Å². The fourth-order valence-electron chi connectivity index (χ4n) is 3.86. The topological polar surface area (TPSA) is 70.6 Å². The Bertz CT molecular complexity index is 764. The van der Waals surface area contributed by atoms with Gasteiger partial charge in [0.25, 0.3) is 0 Å². The minimum atomic E-state index is 0. The van der Waals surface area contributed by atoms with Gasteiger partial charge in [-0.05, 0) is 58.8 Å². The number of piperidine rings is 1. The average molecular weight is 514 g/mol. The molecule has 3 heterocycles. The van der Waals surface area contributed by atoms with E-state index in [1.165, 1.54) is 30.5 Å². The molecule has 0 radical (unpaired) electrons. The number of aliphatic imine (C=N–C) groups is 1. The van der Waals surface area contributed by atoms with Crippen LogP contribution in [0, 0.1) is 13.8 Å². The molecule has 1 fully saturated rings. The minimum Gasteiger partial charge on any atom is -0.468 e. The molecule has 2 aromatic rings. The molecule has 0 bridgehead atoms. The summed E-state index contributed by atoms with van der Waals surface area (Å²) in [6.45, 7) is 10.7. The zero-order valence-corrected chi connectivity index (χ0v) is 20.4. The number of aryl methyl sites for hydroxylation is 2. The summed E-state index contributed by atoms with van der Waals surface area (Å²) in [5.74, 6) is 1.85. The summed E-state index contributed by atoms with van der Waals surface area (Å²) >= 11 is 0. The van der Waals surface area contributed by atoms with Crippen LogP contribution >= 0.6 is 24.0 Å². The van der Waals surface area contributed by atoms with Crippen LogP contribution in [-0.2, 0) is 13.6 Å². The predicted octanol–water partition coefficient (Wildman–Crippen LogP) is 3.53. The second-order valence-electron chi connectivity index (χ2n) is 7.48. The van der Waals surface area contributed by atoms with Crippen molar-refractivity contribution in [3.05, 3.63) is 41.1 Å². The molecule has 8 heteroatoms. The first-order chi connectivity index (χ1) is 13.6. The molecule has 162 valence electrons. The summed E-state index contributed by atoms with van der Waals surface area (Å²) in [4.78, 5) is 7.33. The Labute approximate surface area is 191 Å². The maximum atomic E-state index is 5.75. The fourth-order valence-corrected chi connectivity index (χ4v) is 3.86. The molecular weight excluding hydrogens is 479 g/mol. The lowest BCUT2D eigenvalue weighted by Crippen LogP contribution is -2.44. The molecule has 0 aliphatic carbocycles. The van der Waals surface area contributed by atoms with Gasteiger partial charge in [0.05, 0.1) is 24.5 Å². The maximum Gasteiger partial charge on any atom is 0.191 e. The molecule has 0 saturated carbocycles. The molecule has 0 aromatic carbocycles. The highest BCUT2D eigenvalue weighted by molar-refractivity contribution is 14.0. The lowest BCUT2D eigenvalue weighted by atomic mass is 10.1. The van der Waals surface area contributed by atoms with Crippen LogP contribution in [0.15, 0.2) is 27.8 Å². The third-order valence-electron chi connectivity index (χ3n) is 5.56. The number of hydrogen-bond acceptors (Lipinski definition) is 4. The minimum absolute atomic E-state index is 0. The number of aromatic nitrogens is 2. The standard InChI is InChI=1S/C21H34N6O.HI/c1-5-22-21(23-14-18-16(2)25-26(4)17(18)3)24-15-19(20-10-9-13-28-20)27-11-7-6-8-12-27;/h9-10,13,19H,5-8,11-12,14-15H2,1-4H3,(H2,22,23,24);1H. The number of nitrogens with one attached hydrogen (secondary N) is 2. The summed E-state index contributed by atoms with van der Waals surface area (Å²) in [5, 5.41) is 11.4. The number of halogens is 1. The number of guanidine groups is 1. The summed E-state index contributed by atoms with van der Waals surface area (Å²) in [7, 11) is 1.98. The number of likely N-dealkylation sites (tertiary alicyclic amines) is 1. The summed E-state index contributed by atoms with van der Waals surface area (Å²) in [6.07, 6.45) is 5.60. The van der Waals surface area contributed by atoms with E-state index in [0.29, 0.717) is 6.54 Å². The van der Waals surface area contributed by atoms with Gasteiger partial charge < -0.3 is 15.1 Å². The first kappa shape index (κ1) is 23.7. The van der Waals surface area contributed by atoms with Gasteiger partial charge in [-0.25, -0.2) is 4.99 Å². The van der Waals surface area contributed by atoms with Crippen molar-refractivity contribution < 1.29 is 4.42 Å². The third kappa shape index (κ3) is 6.21. The monoisotopic (exact) mass is 514 g/mol. The van der Waals surface area contributed by atoms with Gasteiger partial charge in [0, 0.05) is 31.4 Å². The van der Waals surface area contributed by atoms with Gasteiger partial charge in [0.2, 0.25) is 0 Å². The van der Waals surface area contributed by atoms with Crippen molar-refractivity contribution in [3.8, 4) is 0 Å². The number of nitrogens with zero attached hydrogens (tertiary/aromatic N) is 4. The summed E-state index contributed by atoms with van der Waals surface area (Å²) in [6, 6.07) is 4.27. The van der Waals surface area contributed by atoms with Crippen LogP contribution in [-0.4, -0.2) is 46.8 Å². The molecule has 1 saturated heterocycles. The lowest BCUT2D eigenvalue weighted by molar-refractivity contribution is 0.146. The van der Waals surface area contributed by atoms with E-state index in [-0.39, 0.29) is 30.0 Å². The van der Waals surface area contributed by atoms with E-state index in [9.17, 15) is 0 Å². The van der Waals surface area contributed by atoms with Crippen molar-refractivity contribution in [2.24, 2.45) is 12.0 Å². The Morgan fingerprint density at radius 1 is 1.24 bits per heavy atom. The van der Waals surface area contributed by atoms with Crippen LogP contribution in [0.25, 0.3) is 0 Å². The Hall–Kier alpha value is -1.55. The largest absolute Gasteiger partial charge is 0.468 e. The molecule has 0 amide bonds. The van der Waals surface area contributed by atoms with Gasteiger partial charge in [-0.1, -0.05) is 6.42 Å². The molecular formula is C21H35IN6O.